The van der Waals surface area contributed by atoms with Gasteiger partial charge in [0, 0.05) is 18.7 Å². The summed E-state index contributed by atoms with van der Waals surface area (Å²) in [4.78, 5) is 16.3. The molecule has 112 valence electrons. The van der Waals surface area contributed by atoms with Crippen LogP contribution in [-0.4, -0.2) is 30.1 Å². The lowest BCUT2D eigenvalue weighted by Crippen LogP contribution is -2.37. The van der Waals surface area contributed by atoms with E-state index >= 15 is 0 Å². The van der Waals surface area contributed by atoms with Gasteiger partial charge in [0.05, 0.1) is 5.69 Å². The van der Waals surface area contributed by atoms with Gasteiger partial charge in [-0.3, -0.25) is 9.78 Å². The summed E-state index contributed by atoms with van der Waals surface area (Å²) < 4.78 is 5.72. The predicted molar refractivity (Wildman–Crippen MR) is 79.7 cm³/mol. The Labute approximate surface area is 120 Å². The van der Waals surface area contributed by atoms with E-state index < -0.39 is 6.10 Å². The second-order valence-corrected chi connectivity index (χ2v) is 4.84. The van der Waals surface area contributed by atoms with E-state index in [1.54, 1.807) is 6.92 Å². The molecule has 0 fully saturated rings. The van der Waals surface area contributed by atoms with Crippen LogP contribution in [0.2, 0.25) is 0 Å². The number of carbonyl (C=O) groups is 1. The third-order valence-electron chi connectivity index (χ3n) is 2.96. The standard InChI is InChI=1S/C15H25N3O2/c1-4-5-10-17-15(19)12(3)20-14-7-6-11(2)18-13(14)8-9-16/h6-7,12H,4-5,8-10,16H2,1-3H3,(H,17,19). The van der Waals surface area contributed by atoms with Crippen LogP contribution in [-0.2, 0) is 11.2 Å². The predicted octanol–water partition coefficient (Wildman–Crippen LogP) is 1.57. The number of amides is 1. The van der Waals surface area contributed by atoms with Crippen molar-refractivity contribution in [1.29, 1.82) is 0 Å². The van der Waals surface area contributed by atoms with E-state index in [0.717, 1.165) is 24.2 Å². The highest BCUT2D eigenvalue weighted by atomic mass is 16.5. The van der Waals surface area contributed by atoms with Gasteiger partial charge in [0.1, 0.15) is 5.75 Å². The number of nitrogens with two attached hydrogens (primary N) is 1. The van der Waals surface area contributed by atoms with E-state index in [1.807, 2.05) is 19.1 Å². The summed E-state index contributed by atoms with van der Waals surface area (Å²) in [5.41, 5.74) is 7.30. The molecule has 0 aliphatic carbocycles. The average Bonchev–Trinajstić information content (AvgIpc) is 2.42. The van der Waals surface area contributed by atoms with Gasteiger partial charge in [-0.1, -0.05) is 13.3 Å². The summed E-state index contributed by atoms with van der Waals surface area (Å²) >= 11 is 0. The highest BCUT2D eigenvalue weighted by Crippen LogP contribution is 2.18. The Morgan fingerprint density at radius 3 is 2.90 bits per heavy atom. The molecule has 1 amide bonds. The number of aryl methyl sites for hydroxylation is 1. The molecular weight excluding hydrogens is 254 g/mol. The number of rotatable bonds is 8. The molecule has 20 heavy (non-hydrogen) atoms. The van der Waals surface area contributed by atoms with E-state index in [-0.39, 0.29) is 5.91 Å². The zero-order valence-corrected chi connectivity index (χ0v) is 12.6. The fourth-order valence-electron chi connectivity index (χ4n) is 1.80. The van der Waals surface area contributed by atoms with Crippen molar-refractivity contribution in [2.24, 2.45) is 5.73 Å². The molecule has 1 aromatic heterocycles. The second-order valence-electron chi connectivity index (χ2n) is 4.84. The number of carbonyl (C=O) groups excluding carboxylic acids is 1. The highest BCUT2D eigenvalue weighted by molar-refractivity contribution is 5.80. The SMILES string of the molecule is CCCCNC(=O)C(C)Oc1ccc(C)nc1CCN. The van der Waals surface area contributed by atoms with Crippen molar-refractivity contribution in [1.82, 2.24) is 10.3 Å². The molecule has 0 radical (unpaired) electrons. The summed E-state index contributed by atoms with van der Waals surface area (Å²) in [6, 6.07) is 3.72. The van der Waals surface area contributed by atoms with Crippen LogP contribution in [0, 0.1) is 6.92 Å². The molecule has 0 spiro atoms. The fraction of sp³-hybridized carbons (Fsp3) is 0.600. The van der Waals surface area contributed by atoms with Gasteiger partial charge in [0.15, 0.2) is 6.10 Å². The van der Waals surface area contributed by atoms with Gasteiger partial charge in [0.25, 0.3) is 5.91 Å². The topological polar surface area (TPSA) is 77.2 Å². The Morgan fingerprint density at radius 2 is 2.25 bits per heavy atom. The van der Waals surface area contributed by atoms with Crippen molar-refractivity contribution in [3.8, 4) is 5.75 Å². The molecule has 1 rings (SSSR count). The number of pyridine rings is 1. The maximum Gasteiger partial charge on any atom is 0.260 e. The number of unbranched alkanes of at least 4 members (excludes halogenated alkanes) is 1. The van der Waals surface area contributed by atoms with Crippen LogP contribution in [0.4, 0.5) is 0 Å². The lowest BCUT2D eigenvalue weighted by molar-refractivity contribution is -0.127. The maximum absolute atomic E-state index is 11.9. The van der Waals surface area contributed by atoms with Gasteiger partial charge in [-0.2, -0.15) is 0 Å². The zero-order valence-electron chi connectivity index (χ0n) is 12.6. The molecule has 0 aliphatic heterocycles. The maximum atomic E-state index is 11.9. The van der Waals surface area contributed by atoms with Crippen LogP contribution in [0.1, 0.15) is 38.1 Å². The van der Waals surface area contributed by atoms with Gasteiger partial charge >= 0.3 is 0 Å². The Bertz CT molecular complexity index is 435. The molecule has 0 saturated heterocycles. The number of hydrogen-bond donors (Lipinski definition) is 2. The molecule has 0 aromatic carbocycles. The third-order valence-corrected chi connectivity index (χ3v) is 2.96. The lowest BCUT2D eigenvalue weighted by Gasteiger charge is -2.17. The monoisotopic (exact) mass is 279 g/mol. The van der Waals surface area contributed by atoms with Crippen molar-refractivity contribution in [3.63, 3.8) is 0 Å². The van der Waals surface area contributed by atoms with E-state index in [9.17, 15) is 4.79 Å². The van der Waals surface area contributed by atoms with Crippen molar-refractivity contribution in [2.45, 2.75) is 46.1 Å². The first-order valence-corrected chi connectivity index (χ1v) is 7.19. The number of nitrogens with zero attached hydrogens (tertiary/aromatic N) is 1. The van der Waals surface area contributed by atoms with Crippen molar-refractivity contribution >= 4 is 5.91 Å². The highest BCUT2D eigenvalue weighted by Gasteiger charge is 2.16. The molecule has 0 saturated carbocycles. The number of aromatic nitrogens is 1. The van der Waals surface area contributed by atoms with E-state index in [1.165, 1.54) is 0 Å². The minimum atomic E-state index is -0.534. The molecule has 1 atom stereocenters. The molecule has 5 nitrogen and oxygen atoms in total. The summed E-state index contributed by atoms with van der Waals surface area (Å²) in [5, 5.41) is 2.86. The minimum absolute atomic E-state index is 0.0993. The molecule has 1 aromatic rings. The van der Waals surface area contributed by atoms with Crippen LogP contribution < -0.4 is 15.8 Å². The summed E-state index contributed by atoms with van der Waals surface area (Å²) in [6.07, 6.45) is 2.13. The normalized spacial score (nSPS) is 12.0. The summed E-state index contributed by atoms with van der Waals surface area (Å²) in [6.45, 7) is 6.94. The molecular formula is C15H25N3O2. The quantitative estimate of drug-likeness (QED) is 0.708. The third kappa shape index (κ3) is 5.17. The first kappa shape index (κ1) is 16.4. The van der Waals surface area contributed by atoms with E-state index in [2.05, 4.69) is 17.2 Å². The summed E-state index contributed by atoms with van der Waals surface area (Å²) in [5.74, 6) is 0.539. The molecule has 3 N–H and O–H groups in total. The summed E-state index contributed by atoms with van der Waals surface area (Å²) in [7, 11) is 0. The van der Waals surface area contributed by atoms with E-state index in [0.29, 0.717) is 25.3 Å². The number of nitrogens with one attached hydrogen (secondary N) is 1. The first-order chi connectivity index (χ1) is 9.58. The largest absolute Gasteiger partial charge is 0.479 e. The Morgan fingerprint density at radius 1 is 1.50 bits per heavy atom. The van der Waals surface area contributed by atoms with Gasteiger partial charge < -0.3 is 15.8 Å². The van der Waals surface area contributed by atoms with Crippen molar-refractivity contribution in [2.75, 3.05) is 13.1 Å². The minimum Gasteiger partial charge on any atom is -0.479 e. The smallest absolute Gasteiger partial charge is 0.260 e. The second kappa shape index (κ2) is 8.53. The molecule has 0 aliphatic rings. The molecule has 5 heteroatoms. The molecule has 0 bridgehead atoms. The lowest BCUT2D eigenvalue weighted by atomic mass is 10.2. The van der Waals surface area contributed by atoms with Gasteiger partial charge in [0.2, 0.25) is 0 Å². The van der Waals surface area contributed by atoms with Crippen LogP contribution in [0.15, 0.2) is 12.1 Å². The van der Waals surface area contributed by atoms with Crippen LogP contribution in [0.3, 0.4) is 0 Å². The van der Waals surface area contributed by atoms with Gasteiger partial charge in [-0.15, -0.1) is 0 Å². The fourth-order valence-corrected chi connectivity index (χ4v) is 1.80. The van der Waals surface area contributed by atoms with Crippen LogP contribution in [0.25, 0.3) is 0 Å². The molecule has 1 heterocycles. The number of hydrogen-bond acceptors (Lipinski definition) is 4. The average molecular weight is 279 g/mol. The van der Waals surface area contributed by atoms with Crippen molar-refractivity contribution in [3.05, 3.63) is 23.5 Å². The Hall–Kier alpha value is -1.62. The zero-order chi connectivity index (χ0) is 15.0. The van der Waals surface area contributed by atoms with Crippen LogP contribution >= 0.6 is 0 Å². The Balaban J connectivity index is 2.64. The number of ether oxygens (including phenoxy) is 1. The Kier molecular flexibility index (Phi) is 7.01. The van der Waals surface area contributed by atoms with Crippen molar-refractivity contribution < 1.29 is 9.53 Å². The van der Waals surface area contributed by atoms with Gasteiger partial charge in [-0.25, -0.2) is 0 Å². The molecule has 1 unspecified atom stereocenters. The van der Waals surface area contributed by atoms with Crippen LogP contribution in [0.5, 0.6) is 5.75 Å². The van der Waals surface area contributed by atoms with E-state index in [4.69, 9.17) is 10.5 Å². The first-order valence-electron chi connectivity index (χ1n) is 7.19. The van der Waals surface area contributed by atoms with Gasteiger partial charge in [-0.05, 0) is 38.9 Å².